The maximum absolute atomic E-state index is 12.5. The van der Waals surface area contributed by atoms with Crippen LogP contribution >= 0.6 is 15.9 Å². The first-order valence-electron chi connectivity index (χ1n) is 6.52. The molecule has 1 atom stereocenters. The summed E-state index contributed by atoms with van der Waals surface area (Å²) in [7, 11) is 0. The van der Waals surface area contributed by atoms with Gasteiger partial charge in [0.25, 0.3) is 0 Å². The van der Waals surface area contributed by atoms with Crippen LogP contribution in [0.2, 0.25) is 0 Å². The summed E-state index contributed by atoms with van der Waals surface area (Å²) >= 11 is 3.41. The maximum Gasteiger partial charge on any atom is 0.416 e. The lowest BCUT2D eigenvalue weighted by molar-refractivity contribution is -0.137. The molecule has 0 fully saturated rings. The van der Waals surface area contributed by atoms with E-state index in [-0.39, 0.29) is 5.92 Å². The van der Waals surface area contributed by atoms with Crippen LogP contribution in [-0.4, -0.2) is 6.54 Å². The zero-order valence-corrected chi connectivity index (χ0v) is 12.8. The third kappa shape index (κ3) is 4.32. The molecule has 0 aliphatic carbocycles. The Hall–Kier alpha value is -1.33. The number of rotatable bonds is 4. The van der Waals surface area contributed by atoms with Gasteiger partial charge in [-0.1, -0.05) is 40.2 Å². The van der Waals surface area contributed by atoms with Crippen LogP contribution in [0.3, 0.4) is 0 Å². The summed E-state index contributed by atoms with van der Waals surface area (Å²) in [4.78, 5) is 0. The van der Waals surface area contributed by atoms with Gasteiger partial charge < -0.3 is 5.73 Å². The number of hydrogen-bond acceptors (Lipinski definition) is 1. The lowest BCUT2D eigenvalue weighted by Gasteiger charge is -2.16. The molecule has 2 aromatic rings. The van der Waals surface area contributed by atoms with Gasteiger partial charge in [-0.2, -0.15) is 13.2 Å². The van der Waals surface area contributed by atoms with E-state index >= 15 is 0 Å². The molecular weight excluding hydrogens is 343 g/mol. The standard InChI is InChI=1S/C16H15BrF3N/c17-15-3-1-2-12(9-15)13(10-21)8-11-4-6-14(7-5-11)16(18,19)20/h1-7,9,13H,8,10,21H2. The lowest BCUT2D eigenvalue weighted by atomic mass is 9.92. The van der Waals surface area contributed by atoms with E-state index < -0.39 is 11.7 Å². The van der Waals surface area contributed by atoms with E-state index in [0.29, 0.717) is 13.0 Å². The number of alkyl halides is 3. The summed E-state index contributed by atoms with van der Waals surface area (Å²) in [5.74, 6) is 0.0826. The molecule has 0 aliphatic rings. The van der Waals surface area contributed by atoms with Crippen LogP contribution in [-0.2, 0) is 12.6 Å². The van der Waals surface area contributed by atoms with Crippen molar-refractivity contribution in [2.24, 2.45) is 5.73 Å². The van der Waals surface area contributed by atoms with Crippen LogP contribution in [0.5, 0.6) is 0 Å². The fourth-order valence-electron chi connectivity index (χ4n) is 2.21. The van der Waals surface area contributed by atoms with Crippen molar-refractivity contribution in [2.45, 2.75) is 18.5 Å². The number of benzene rings is 2. The molecule has 2 rings (SSSR count). The Morgan fingerprint density at radius 3 is 2.24 bits per heavy atom. The first kappa shape index (κ1) is 16.0. The normalized spacial score (nSPS) is 13.2. The largest absolute Gasteiger partial charge is 0.416 e. The quantitative estimate of drug-likeness (QED) is 0.839. The second-order valence-electron chi connectivity index (χ2n) is 4.89. The van der Waals surface area contributed by atoms with E-state index in [1.807, 2.05) is 24.3 Å². The van der Waals surface area contributed by atoms with Gasteiger partial charge in [-0.25, -0.2) is 0 Å². The highest BCUT2D eigenvalue weighted by atomic mass is 79.9. The van der Waals surface area contributed by atoms with Gasteiger partial charge in [0.05, 0.1) is 5.56 Å². The molecule has 0 saturated heterocycles. The van der Waals surface area contributed by atoms with Crippen LogP contribution in [0.4, 0.5) is 13.2 Å². The Kier molecular flexibility index (Phi) is 5.06. The molecule has 0 spiro atoms. The summed E-state index contributed by atoms with van der Waals surface area (Å²) in [6, 6.07) is 13.1. The van der Waals surface area contributed by atoms with Crippen molar-refractivity contribution in [3.8, 4) is 0 Å². The van der Waals surface area contributed by atoms with Crippen LogP contribution in [0.1, 0.15) is 22.6 Å². The van der Waals surface area contributed by atoms with E-state index in [1.165, 1.54) is 12.1 Å². The van der Waals surface area contributed by atoms with E-state index in [0.717, 1.165) is 27.7 Å². The van der Waals surface area contributed by atoms with Crippen LogP contribution in [0.15, 0.2) is 53.0 Å². The molecule has 2 aromatic carbocycles. The average molecular weight is 358 g/mol. The molecular formula is C16H15BrF3N. The van der Waals surface area contributed by atoms with E-state index in [4.69, 9.17) is 5.73 Å². The van der Waals surface area contributed by atoms with Crippen molar-refractivity contribution in [2.75, 3.05) is 6.54 Å². The molecule has 0 saturated carbocycles. The van der Waals surface area contributed by atoms with Crippen molar-refractivity contribution in [3.63, 3.8) is 0 Å². The van der Waals surface area contributed by atoms with Crippen molar-refractivity contribution in [1.29, 1.82) is 0 Å². The molecule has 0 aromatic heterocycles. The lowest BCUT2D eigenvalue weighted by Crippen LogP contribution is -2.15. The van der Waals surface area contributed by atoms with E-state index in [2.05, 4.69) is 15.9 Å². The third-order valence-electron chi connectivity index (χ3n) is 3.37. The predicted octanol–water partition coefficient (Wildman–Crippen LogP) is 4.75. The smallest absolute Gasteiger partial charge is 0.330 e. The van der Waals surface area contributed by atoms with Crippen molar-refractivity contribution >= 4 is 15.9 Å². The van der Waals surface area contributed by atoms with Crippen LogP contribution in [0.25, 0.3) is 0 Å². The van der Waals surface area contributed by atoms with Gasteiger partial charge in [0.1, 0.15) is 0 Å². The van der Waals surface area contributed by atoms with Crippen LogP contribution in [0, 0.1) is 0 Å². The molecule has 1 nitrogen and oxygen atoms in total. The van der Waals surface area contributed by atoms with E-state index in [9.17, 15) is 13.2 Å². The van der Waals surface area contributed by atoms with Gasteiger partial charge >= 0.3 is 6.18 Å². The Balaban J connectivity index is 2.15. The fourth-order valence-corrected chi connectivity index (χ4v) is 2.63. The second kappa shape index (κ2) is 6.62. The molecule has 0 aliphatic heterocycles. The zero-order valence-electron chi connectivity index (χ0n) is 11.2. The van der Waals surface area contributed by atoms with Crippen LogP contribution < -0.4 is 5.73 Å². The van der Waals surface area contributed by atoms with Gasteiger partial charge in [-0.15, -0.1) is 0 Å². The third-order valence-corrected chi connectivity index (χ3v) is 3.86. The number of hydrogen-bond donors (Lipinski definition) is 1. The highest BCUT2D eigenvalue weighted by Crippen LogP contribution is 2.30. The van der Waals surface area contributed by atoms with Gasteiger partial charge in [0, 0.05) is 10.4 Å². The summed E-state index contributed by atoms with van der Waals surface area (Å²) in [6.45, 7) is 0.442. The minimum Gasteiger partial charge on any atom is -0.330 e. The Morgan fingerprint density at radius 2 is 1.71 bits per heavy atom. The molecule has 21 heavy (non-hydrogen) atoms. The highest BCUT2D eigenvalue weighted by Gasteiger charge is 2.30. The highest BCUT2D eigenvalue weighted by molar-refractivity contribution is 9.10. The summed E-state index contributed by atoms with van der Waals surface area (Å²) < 4.78 is 38.6. The van der Waals surface area contributed by atoms with Crippen molar-refractivity contribution < 1.29 is 13.2 Å². The maximum atomic E-state index is 12.5. The zero-order chi connectivity index (χ0) is 15.5. The minimum atomic E-state index is -4.30. The van der Waals surface area contributed by atoms with Crippen molar-refractivity contribution in [1.82, 2.24) is 0 Å². The Labute approximate surface area is 130 Å². The molecule has 5 heteroatoms. The SMILES string of the molecule is NCC(Cc1ccc(C(F)(F)F)cc1)c1cccc(Br)c1. The fraction of sp³-hybridized carbons (Fsp3) is 0.250. The number of nitrogens with two attached hydrogens (primary N) is 1. The van der Waals surface area contributed by atoms with Gasteiger partial charge in [0.15, 0.2) is 0 Å². The predicted molar refractivity (Wildman–Crippen MR) is 81.1 cm³/mol. The van der Waals surface area contributed by atoms with Gasteiger partial charge in [-0.05, 0) is 48.4 Å². The van der Waals surface area contributed by atoms with Crippen molar-refractivity contribution in [3.05, 3.63) is 69.7 Å². The Bertz CT molecular complexity index is 593. The summed E-state index contributed by atoms with van der Waals surface area (Å²) in [5, 5.41) is 0. The molecule has 0 amide bonds. The van der Waals surface area contributed by atoms with E-state index in [1.54, 1.807) is 0 Å². The molecule has 2 N–H and O–H groups in total. The molecule has 1 unspecified atom stereocenters. The summed E-state index contributed by atoms with van der Waals surface area (Å²) in [6.07, 6.45) is -3.68. The average Bonchev–Trinajstić information content (AvgIpc) is 2.44. The van der Waals surface area contributed by atoms with Gasteiger partial charge in [0.2, 0.25) is 0 Å². The minimum absolute atomic E-state index is 0.0826. The Morgan fingerprint density at radius 1 is 1.05 bits per heavy atom. The summed E-state index contributed by atoms with van der Waals surface area (Å²) in [5.41, 5.74) is 7.10. The van der Waals surface area contributed by atoms with Gasteiger partial charge in [-0.3, -0.25) is 0 Å². The molecule has 112 valence electrons. The molecule has 0 bridgehead atoms. The molecule has 0 radical (unpaired) electrons. The number of halogens is 4. The molecule has 0 heterocycles. The monoisotopic (exact) mass is 357 g/mol. The first-order valence-corrected chi connectivity index (χ1v) is 7.31. The topological polar surface area (TPSA) is 26.0 Å². The second-order valence-corrected chi connectivity index (χ2v) is 5.80. The first-order chi connectivity index (χ1) is 9.90.